The van der Waals surface area contributed by atoms with Gasteiger partial charge in [0.1, 0.15) is 0 Å². The van der Waals surface area contributed by atoms with Gasteiger partial charge in [-0.25, -0.2) is 0 Å². The zero-order valence-corrected chi connectivity index (χ0v) is 21.1. The molecule has 0 radical (unpaired) electrons. The van der Waals surface area contributed by atoms with Gasteiger partial charge in [-0.05, 0) is 150 Å². The number of fused-ring (bicyclic) bond motifs is 15. The van der Waals surface area contributed by atoms with Crippen LogP contribution in [0.4, 0.5) is 0 Å². The van der Waals surface area contributed by atoms with Crippen LogP contribution in [-0.4, -0.2) is 0 Å². The van der Waals surface area contributed by atoms with Crippen molar-refractivity contribution in [2.45, 2.75) is 25.7 Å². The lowest BCUT2D eigenvalue weighted by molar-refractivity contribution is 1.17. The average Bonchev–Trinajstić information content (AvgIpc) is 3.70. The minimum Gasteiger partial charge on any atom is -0.0619 e. The Morgan fingerprint density at radius 3 is 1.66 bits per heavy atom. The Hall–Kier alpha value is -4.42. The van der Waals surface area contributed by atoms with Crippen LogP contribution >= 0.6 is 0 Å². The molecule has 0 saturated heterocycles. The maximum Gasteiger partial charge on any atom is -0.000421 e. The predicted molar refractivity (Wildman–Crippen MR) is 157 cm³/mol. The summed E-state index contributed by atoms with van der Waals surface area (Å²) in [4.78, 5) is 0. The van der Waals surface area contributed by atoms with Gasteiger partial charge in [-0.3, -0.25) is 0 Å². The zero-order chi connectivity index (χ0) is 24.5. The first-order chi connectivity index (χ1) is 18.8. The maximum absolute atomic E-state index is 2.54. The van der Waals surface area contributed by atoms with E-state index in [0.717, 1.165) is 25.7 Å². The molecule has 0 N–H and O–H groups in total. The van der Waals surface area contributed by atoms with E-state index in [1.54, 1.807) is 11.1 Å². The number of benzene rings is 6. The normalized spacial score (nSPS) is 14.4. The van der Waals surface area contributed by atoms with E-state index in [-0.39, 0.29) is 0 Å². The Balaban J connectivity index is 1.08. The molecule has 6 aromatic carbocycles. The van der Waals surface area contributed by atoms with E-state index in [2.05, 4.69) is 97.1 Å². The first-order valence-corrected chi connectivity index (χ1v) is 13.9. The van der Waals surface area contributed by atoms with Crippen molar-refractivity contribution in [2.24, 2.45) is 0 Å². The lowest BCUT2D eigenvalue weighted by Gasteiger charge is -2.09. The summed E-state index contributed by atoms with van der Waals surface area (Å²) in [6, 6.07) is 37.3. The van der Waals surface area contributed by atoms with Crippen LogP contribution in [0, 0.1) is 0 Å². The van der Waals surface area contributed by atoms with Crippen molar-refractivity contribution in [3.05, 3.63) is 142 Å². The number of rotatable bonds is 0. The third-order valence-electron chi connectivity index (χ3n) is 9.79. The van der Waals surface area contributed by atoms with Gasteiger partial charge in [-0.15, -0.1) is 0 Å². The maximum atomic E-state index is 2.54. The van der Waals surface area contributed by atoms with Crippen LogP contribution in [0.5, 0.6) is 0 Å². The second kappa shape index (κ2) is 6.71. The molecule has 0 nitrogen and oxygen atoms in total. The summed E-state index contributed by atoms with van der Waals surface area (Å²) in [5.41, 5.74) is 23.7. The van der Waals surface area contributed by atoms with Crippen LogP contribution in [0.25, 0.3) is 55.3 Å². The van der Waals surface area contributed by atoms with Crippen molar-refractivity contribution < 1.29 is 0 Å². The van der Waals surface area contributed by atoms with E-state index in [0.29, 0.717) is 0 Å². The SMILES string of the molecule is c1ccc2c(c1)Cc1cc3c(cc1-2)Cc1cc2c(cc1-3)Cc1c-2ccc2c1Cc1c-2ccc2ccccc12. The van der Waals surface area contributed by atoms with Crippen molar-refractivity contribution in [1.29, 1.82) is 0 Å². The summed E-state index contributed by atoms with van der Waals surface area (Å²) in [5.74, 6) is 0. The number of hydrogen-bond donors (Lipinski definition) is 0. The molecule has 0 heteroatoms. The fraction of sp³-hybridized carbons (Fsp3) is 0.105. The highest BCUT2D eigenvalue weighted by atomic mass is 14.4. The summed E-state index contributed by atoms with van der Waals surface area (Å²) in [5, 5.41) is 2.76. The van der Waals surface area contributed by atoms with Crippen LogP contribution < -0.4 is 0 Å². The third-order valence-corrected chi connectivity index (χ3v) is 9.79. The van der Waals surface area contributed by atoms with Crippen molar-refractivity contribution in [1.82, 2.24) is 0 Å². The molecule has 0 unspecified atom stereocenters. The molecule has 0 aromatic heterocycles. The Morgan fingerprint density at radius 2 is 0.842 bits per heavy atom. The van der Waals surface area contributed by atoms with Gasteiger partial charge in [-0.2, -0.15) is 0 Å². The summed E-state index contributed by atoms with van der Waals surface area (Å²) in [6.07, 6.45) is 4.22. The van der Waals surface area contributed by atoms with Crippen LogP contribution in [0.3, 0.4) is 0 Å². The van der Waals surface area contributed by atoms with Gasteiger partial charge in [0, 0.05) is 0 Å². The van der Waals surface area contributed by atoms with Crippen LogP contribution in [0.1, 0.15) is 44.5 Å². The molecule has 0 bridgehead atoms. The van der Waals surface area contributed by atoms with Crippen molar-refractivity contribution in [3.63, 3.8) is 0 Å². The summed E-state index contributed by atoms with van der Waals surface area (Å²) >= 11 is 0. The highest BCUT2D eigenvalue weighted by molar-refractivity contribution is 5.97. The molecule has 4 aliphatic carbocycles. The minimum absolute atomic E-state index is 1.05. The van der Waals surface area contributed by atoms with Gasteiger partial charge >= 0.3 is 0 Å². The predicted octanol–water partition coefficient (Wildman–Crippen LogP) is 9.12. The molecule has 10 rings (SSSR count). The Kier molecular flexibility index (Phi) is 3.47. The Morgan fingerprint density at radius 1 is 0.316 bits per heavy atom. The van der Waals surface area contributed by atoms with Gasteiger partial charge in [0.05, 0.1) is 0 Å². The largest absolute Gasteiger partial charge is 0.0619 e. The molecule has 38 heavy (non-hydrogen) atoms. The molecule has 4 aliphatic rings. The van der Waals surface area contributed by atoms with Crippen LogP contribution in [0.15, 0.2) is 97.1 Å². The van der Waals surface area contributed by atoms with Crippen LogP contribution in [-0.2, 0) is 25.7 Å². The van der Waals surface area contributed by atoms with Gasteiger partial charge < -0.3 is 0 Å². The monoisotopic (exact) mass is 480 g/mol. The smallest absolute Gasteiger partial charge is 0.000421 e. The lowest BCUT2D eigenvalue weighted by Crippen LogP contribution is -1.91. The summed E-state index contributed by atoms with van der Waals surface area (Å²) < 4.78 is 0. The second-order valence-corrected chi connectivity index (χ2v) is 11.6. The molecule has 0 aliphatic heterocycles. The van der Waals surface area contributed by atoms with Gasteiger partial charge in [0.2, 0.25) is 0 Å². The van der Waals surface area contributed by atoms with Gasteiger partial charge in [0.25, 0.3) is 0 Å². The van der Waals surface area contributed by atoms with Gasteiger partial charge in [0.15, 0.2) is 0 Å². The molecule has 0 heterocycles. The lowest BCUT2D eigenvalue weighted by atomic mass is 9.95. The second-order valence-electron chi connectivity index (χ2n) is 11.6. The van der Waals surface area contributed by atoms with E-state index in [9.17, 15) is 0 Å². The molecular weight excluding hydrogens is 456 g/mol. The van der Waals surface area contributed by atoms with E-state index in [1.807, 2.05) is 0 Å². The van der Waals surface area contributed by atoms with E-state index in [1.165, 1.54) is 88.7 Å². The molecule has 0 saturated carbocycles. The molecule has 176 valence electrons. The first kappa shape index (κ1) is 19.7. The summed E-state index contributed by atoms with van der Waals surface area (Å²) in [6.45, 7) is 0. The Labute approximate surface area is 222 Å². The standard InChI is InChI=1S/C38H24/c1-3-7-27-21(5-1)9-10-29-30-11-12-31-33-16-25-14-24-15-32-23(13-22-6-2-4-8-28(22)32)17-34(24)35(25)18-26(33)19-36(31)38(30)20-37(27)29/h1-12,15-18H,13-14,19-20H2. The topological polar surface area (TPSA) is 0 Å². The zero-order valence-electron chi connectivity index (χ0n) is 21.1. The molecule has 6 aromatic rings. The third kappa shape index (κ3) is 2.37. The van der Waals surface area contributed by atoms with Gasteiger partial charge in [-0.1, -0.05) is 72.8 Å². The van der Waals surface area contributed by atoms with Crippen molar-refractivity contribution in [3.8, 4) is 44.5 Å². The number of hydrogen-bond acceptors (Lipinski definition) is 0. The molecule has 0 atom stereocenters. The van der Waals surface area contributed by atoms with E-state index < -0.39 is 0 Å². The van der Waals surface area contributed by atoms with E-state index in [4.69, 9.17) is 0 Å². The quantitative estimate of drug-likeness (QED) is 0.203. The average molecular weight is 481 g/mol. The van der Waals surface area contributed by atoms with Crippen molar-refractivity contribution >= 4 is 10.8 Å². The fourth-order valence-electron chi connectivity index (χ4n) is 8.06. The van der Waals surface area contributed by atoms with E-state index >= 15 is 0 Å². The first-order valence-electron chi connectivity index (χ1n) is 13.9. The molecule has 0 spiro atoms. The molecular formula is C38H24. The molecule has 0 amide bonds. The molecule has 0 fully saturated rings. The highest BCUT2D eigenvalue weighted by Crippen LogP contribution is 2.51. The Bertz CT molecular complexity index is 2070. The fourth-order valence-corrected chi connectivity index (χ4v) is 8.06. The highest BCUT2D eigenvalue weighted by Gasteiger charge is 2.31. The minimum atomic E-state index is 1.05. The van der Waals surface area contributed by atoms with Crippen molar-refractivity contribution in [2.75, 3.05) is 0 Å². The van der Waals surface area contributed by atoms with Crippen LogP contribution in [0.2, 0.25) is 0 Å². The summed E-state index contributed by atoms with van der Waals surface area (Å²) in [7, 11) is 0.